The van der Waals surface area contributed by atoms with E-state index in [0.717, 1.165) is 4.88 Å². The number of allylic oxidation sites excluding steroid dienone is 2. The number of hydrogen-bond acceptors (Lipinski definition) is 6. The maximum atomic E-state index is 12.6. The SMILES string of the molecule is CCOC(=O)c1cc(C(C)C)sc1NC(=O)[C@@H]1CC=CC[C@H]1C(=O)[O-]. The van der Waals surface area contributed by atoms with Gasteiger partial charge in [0.15, 0.2) is 0 Å². The zero-order chi connectivity index (χ0) is 18.6. The van der Waals surface area contributed by atoms with Crippen LogP contribution in [-0.4, -0.2) is 24.5 Å². The van der Waals surface area contributed by atoms with Crippen molar-refractivity contribution in [1.82, 2.24) is 0 Å². The fourth-order valence-electron chi connectivity index (χ4n) is 2.72. The number of anilines is 1. The molecule has 2 rings (SSSR count). The third-order valence-corrected chi connectivity index (χ3v) is 5.48. The predicted octanol–water partition coefficient (Wildman–Crippen LogP) is 2.32. The minimum absolute atomic E-state index is 0.192. The average Bonchev–Trinajstić information content (AvgIpc) is 2.99. The number of aliphatic carboxylic acids is 1. The molecule has 1 aromatic rings. The molecule has 0 fully saturated rings. The van der Waals surface area contributed by atoms with Crippen LogP contribution < -0.4 is 10.4 Å². The van der Waals surface area contributed by atoms with E-state index in [4.69, 9.17) is 4.74 Å². The molecule has 0 aliphatic heterocycles. The Morgan fingerprint density at radius 3 is 2.48 bits per heavy atom. The molecule has 0 unspecified atom stereocenters. The first kappa shape index (κ1) is 19.2. The number of carboxylic acids is 1. The van der Waals surface area contributed by atoms with E-state index in [-0.39, 0.29) is 18.9 Å². The number of hydrogen-bond donors (Lipinski definition) is 1. The largest absolute Gasteiger partial charge is 0.550 e. The van der Waals surface area contributed by atoms with E-state index in [1.54, 1.807) is 25.1 Å². The number of rotatable bonds is 6. The van der Waals surface area contributed by atoms with Gasteiger partial charge in [0.2, 0.25) is 5.91 Å². The van der Waals surface area contributed by atoms with Crippen LogP contribution in [0.1, 0.15) is 54.8 Å². The molecule has 1 heterocycles. The summed E-state index contributed by atoms with van der Waals surface area (Å²) in [6.07, 6.45) is 4.15. The summed E-state index contributed by atoms with van der Waals surface area (Å²) in [6.45, 7) is 5.93. The molecular weight excluding hydrogens is 342 g/mol. The molecule has 25 heavy (non-hydrogen) atoms. The summed E-state index contributed by atoms with van der Waals surface area (Å²) in [6, 6.07) is 1.72. The Labute approximate surface area is 150 Å². The minimum atomic E-state index is -1.23. The van der Waals surface area contributed by atoms with Crippen LogP contribution in [0.15, 0.2) is 18.2 Å². The van der Waals surface area contributed by atoms with Gasteiger partial charge >= 0.3 is 5.97 Å². The fraction of sp³-hybridized carbons (Fsp3) is 0.500. The molecule has 0 saturated carbocycles. The molecule has 0 radical (unpaired) electrons. The van der Waals surface area contributed by atoms with Crippen LogP contribution in [0.5, 0.6) is 0 Å². The van der Waals surface area contributed by atoms with Crippen molar-refractivity contribution < 1.29 is 24.2 Å². The Hall–Kier alpha value is -2.15. The zero-order valence-corrected chi connectivity index (χ0v) is 15.4. The first-order valence-electron chi connectivity index (χ1n) is 8.32. The number of ether oxygens (including phenoxy) is 1. The monoisotopic (exact) mass is 364 g/mol. The summed E-state index contributed by atoms with van der Waals surface area (Å²) in [4.78, 5) is 37.0. The standard InChI is InChI=1S/C18H23NO5S/c1-4-24-18(23)13-9-14(10(2)3)25-16(13)19-15(20)11-7-5-6-8-12(11)17(21)22/h5-6,9-12H,4,7-8H2,1-3H3,(H,19,20)(H,21,22)/p-1/t11-,12-/m1/s1. The highest BCUT2D eigenvalue weighted by Gasteiger charge is 2.31. The van der Waals surface area contributed by atoms with E-state index in [9.17, 15) is 19.5 Å². The Morgan fingerprint density at radius 1 is 1.28 bits per heavy atom. The lowest BCUT2D eigenvalue weighted by molar-refractivity contribution is -0.313. The highest BCUT2D eigenvalue weighted by atomic mass is 32.1. The van der Waals surface area contributed by atoms with Gasteiger partial charge in [-0.3, -0.25) is 4.79 Å². The summed E-state index contributed by atoms with van der Waals surface area (Å²) in [5.74, 6) is -3.53. The van der Waals surface area contributed by atoms with Gasteiger partial charge in [0, 0.05) is 16.8 Å². The highest BCUT2D eigenvalue weighted by molar-refractivity contribution is 7.16. The third kappa shape index (κ3) is 4.48. The van der Waals surface area contributed by atoms with Crippen LogP contribution >= 0.6 is 11.3 Å². The van der Waals surface area contributed by atoms with E-state index in [0.29, 0.717) is 17.0 Å². The normalized spacial score (nSPS) is 19.7. The van der Waals surface area contributed by atoms with Crippen LogP contribution in [0.2, 0.25) is 0 Å². The van der Waals surface area contributed by atoms with E-state index in [2.05, 4.69) is 5.32 Å². The molecule has 0 saturated heterocycles. The first-order valence-corrected chi connectivity index (χ1v) is 9.14. The molecule has 1 aromatic heterocycles. The maximum absolute atomic E-state index is 12.6. The van der Waals surface area contributed by atoms with Crippen LogP contribution in [-0.2, 0) is 14.3 Å². The van der Waals surface area contributed by atoms with E-state index >= 15 is 0 Å². The van der Waals surface area contributed by atoms with Gasteiger partial charge in [0.05, 0.1) is 18.1 Å². The Balaban J connectivity index is 2.25. The third-order valence-electron chi connectivity index (χ3n) is 4.12. The number of carbonyl (C=O) groups excluding carboxylic acids is 3. The molecule has 2 atom stereocenters. The quantitative estimate of drug-likeness (QED) is 0.617. The molecule has 1 aliphatic rings. The van der Waals surface area contributed by atoms with Gasteiger partial charge in [-0.25, -0.2) is 4.79 Å². The van der Waals surface area contributed by atoms with Gasteiger partial charge in [-0.05, 0) is 31.7 Å². The topological polar surface area (TPSA) is 95.5 Å². The number of thiophene rings is 1. The predicted molar refractivity (Wildman–Crippen MR) is 93.4 cm³/mol. The van der Waals surface area contributed by atoms with Gasteiger partial charge in [-0.15, -0.1) is 11.3 Å². The summed E-state index contributed by atoms with van der Waals surface area (Å²) >= 11 is 1.31. The van der Waals surface area contributed by atoms with Crippen LogP contribution in [0.25, 0.3) is 0 Å². The van der Waals surface area contributed by atoms with Crippen LogP contribution in [0.4, 0.5) is 5.00 Å². The molecule has 0 bridgehead atoms. The van der Waals surface area contributed by atoms with E-state index < -0.39 is 29.7 Å². The van der Waals surface area contributed by atoms with E-state index in [1.165, 1.54) is 11.3 Å². The van der Waals surface area contributed by atoms with Gasteiger partial charge in [-0.1, -0.05) is 26.0 Å². The Morgan fingerprint density at radius 2 is 1.92 bits per heavy atom. The van der Waals surface area contributed by atoms with Gasteiger partial charge < -0.3 is 20.0 Å². The number of nitrogens with one attached hydrogen (secondary N) is 1. The van der Waals surface area contributed by atoms with Gasteiger partial charge in [0.25, 0.3) is 0 Å². The van der Waals surface area contributed by atoms with Crippen LogP contribution in [0.3, 0.4) is 0 Å². The van der Waals surface area contributed by atoms with Crippen molar-refractivity contribution in [2.24, 2.45) is 11.8 Å². The fourth-order valence-corrected chi connectivity index (χ4v) is 3.77. The number of carbonyl (C=O) groups is 3. The van der Waals surface area contributed by atoms with Crippen molar-refractivity contribution in [2.45, 2.75) is 39.5 Å². The molecule has 1 amide bonds. The first-order chi connectivity index (χ1) is 11.8. The second-order valence-corrected chi connectivity index (χ2v) is 7.31. The maximum Gasteiger partial charge on any atom is 0.341 e. The molecule has 0 aromatic carbocycles. The summed E-state index contributed by atoms with van der Waals surface area (Å²) < 4.78 is 5.05. The average molecular weight is 364 g/mol. The summed E-state index contributed by atoms with van der Waals surface area (Å²) in [7, 11) is 0. The van der Waals surface area contributed by atoms with Crippen LogP contribution in [0, 0.1) is 11.8 Å². The number of esters is 1. The summed E-state index contributed by atoms with van der Waals surface area (Å²) in [5, 5.41) is 14.4. The second kappa shape index (κ2) is 8.29. The van der Waals surface area contributed by atoms with Crippen molar-refractivity contribution in [3.63, 3.8) is 0 Å². The molecule has 1 aliphatic carbocycles. The second-order valence-electron chi connectivity index (χ2n) is 6.23. The Kier molecular flexibility index (Phi) is 6.36. The van der Waals surface area contributed by atoms with Crippen molar-refractivity contribution in [1.29, 1.82) is 0 Å². The van der Waals surface area contributed by atoms with Gasteiger partial charge in [-0.2, -0.15) is 0 Å². The lowest BCUT2D eigenvalue weighted by Crippen LogP contribution is -2.41. The molecule has 6 nitrogen and oxygen atoms in total. The molecule has 136 valence electrons. The molecule has 1 N–H and O–H groups in total. The smallest absolute Gasteiger partial charge is 0.341 e. The summed E-state index contributed by atoms with van der Waals surface area (Å²) in [5.41, 5.74) is 0.306. The number of amides is 1. The van der Waals surface area contributed by atoms with Crippen molar-refractivity contribution in [3.05, 3.63) is 28.7 Å². The van der Waals surface area contributed by atoms with Crippen molar-refractivity contribution >= 4 is 34.2 Å². The highest BCUT2D eigenvalue weighted by Crippen LogP contribution is 2.35. The molecular formula is C18H22NO5S-. The van der Waals surface area contributed by atoms with Crippen molar-refractivity contribution in [3.8, 4) is 0 Å². The Bertz CT molecular complexity index is 692. The van der Waals surface area contributed by atoms with E-state index in [1.807, 2.05) is 13.8 Å². The van der Waals surface area contributed by atoms with Crippen molar-refractivity contribution in [2.75, 3.05) is 11.9 Å². The molecule has 7 heteroatoms. The molecule has 0 spiro atoms. The number of carboxylic acid groups (broad SMARTS) is 1. The zero-order valence-electron chi connectivity index (χ0n) is 14.5. The lowest BCUT2D eigenvalue weighted by atomic mass is 9.82. The minimum Gasteiger partial charge on any atom is -0.550 e. The lowest BCUT2D eigenvalue weighted by Gasteiger charge is -2.28. The van der Waals surface area contributed by atoms with Gasteiger partial charge in [0.1, 0.15) is 5.00 Å².